The Morgan fingerprint density at radius 1 is 1.35 bits per heavy atom. The molecule has 20 heavy (non-hydrogen) atoms. The van der Waals surface area contributed by atoms with Crippen LogP contribution >= 0.6 is 15.9 Å². The van der Waals surface area contributed by atoms with E-state index in [4.69, 9.17) is 4.74 Å². The van der Waals surface area contributed by atoms with Crippen LogP contribution in [0.4, 0.5) is 4.39 Å². The minimum absolute atomic E-state index is 0.192. The molecule has 1 heterocycles. The average Bonchev–Trinajstić information content (AvgIpc) is 2.43. The Balaban J connectivity index is 2.30. The number of hydrogen-bond donors (Lipinski definition) is 1. The largest absolute Gasteiger partial charge is 0.436 e. The zero-order valence-corrected chi connectivity index (χ0v) is 13.0. The molecule has 0 aliphatic heterocycles. The SMILES string of the molecule is CCNCc1cc(Br)cnc1Oc1cc(C)ccc1F. The summed E-state index contributed by atoms with van der Waals surface area (Å²) in [6.07, 6.45) is 1.64. The summed E-state index contributed by atoms with van der Waals surface area (Å²) in [5, 5.41) is 3.21. The van der Waals surface area contributed by atoms with E-state index < -0.39 is 5.82 Å². The van der Waals surface area contributed by atoms with Gasteiger partial charge < -0.3 is 10.1 Å². The zero-order chi connectivity index (χ0) is 14.5. The summed E-state index contributed by atoms with van der Waals surface area (Å²) in [7, 11) is 0. The number of nitrogens with zero attached hydrogens (tertiary/aromatic N) is 1. The van der Waals surface area contributed by atoms with Crippen molar-refractivity contribution in [2.24, 2.45) is 0 Å². The van der Waals surface area contributed by atoms with Gasteiger partial charge in [0.15, 0.2) is 11.6 Å². The Morgan fingerprint density at radius 2 is 2.15 bits per heavy atom. The van der Waals surface area contributed by atoms with Crippen LogP contribution in [0.25, 0.3) is 0 Å². The molecule has 0 radical (unpaired) electrons. The van der Waals surface area contributed by atoms with Crippen LogP contribution in [0.5, 0.6) is 11.6 Å². The van der Waals surface area contributed by atoms with Crippen molar-refractivity contribution in [3.05, 3.63) is 51.9 Å². The molecule has 106 valence electrons. The van der Waals surface area contributed by atoms with E-state index in [1.807, 2.05) is 19.9 Å². The lowest BCUT2D eigenvalue weighted by atomic mass is 10.2. The summed E-state index contributed by atoms with van der Waals surface area (Å²) < 4.78 is 20.2. The van der Waals surface area contributed by atoms with Gasteiger partial charge in [-0.05, 0) is 53.2 Å². The molecule has 0 fully saturated rings. The second-order valence-corrected chi connectivity index (χ2v) is 5.35. The Hall–Kier alpha value is -1.46. The lowest BCUT2D eigenvalue weighted by molar-refractivity contribution is 0.420. The van der Waals surface area contributed by atoms with Crippen molar-refractivity contribution < 1.29 is 9.13 Å². The second-order valence-electron chi connectivity index (χ2n) is 4.43. The van der Waals surface area contributed by atoms with E-state index >= 15 is 0 Å². The van der Waals surface area contributed by atoms with Gasteiger partial charge in [-0.1, -0.05) is 13.0 Å². The Morgan fingerprint density at radius 3 is 2.90 bits per heavy atom. The molecule has 0 aliphatic carbocycles. The number of benzene rings is 1. The maximum Gasteiger partial charge on any atom is 0.223 e. The predicted molar refractivity (Wildman–Crippen MR) is 80.5 cm³/mol. The third-order valence-electron chi connectivity index (χ3n) is 2.75. The van der Waals surface area contributed by atoms with Gasteiger partial charge >= 0.3 is 0 Å². The summed E-state index contributed by atoms with van der Waals surface area (Å²) in [5.41, 5.74) is 1.81. The Kier molecular flexibility index (Phi) is 5.09. The number of ether oxygens (including phenoxy) is 1. The first kappa shape index (κ1) is 14.9. The number of pyridine rings is 1. The van der Waals surface area contributed by atoms with Crippen LogP contribution in [-0.2, 0) is 6.54 Å². The quantitative estimate of drug-likeness (QED) is 0.887. The minimum atomic E-state index is -0.394. The van der Waals surface area contributed by atoms with Gasteiger partial charge in [-0.3, -0.25) is 0 Å². The van der Waals surface area contributed by atoms with E-state index in [-0.39, 0.29) is 5.75 Å². The number of aryl methyl sites for hydroxylation is 1. The standard InChI is InChI=1S/C15H16BrFN2O/c1-3-18-8-11-7-12(16)9-19-15(11)20-14-6-10(2)4-5-13(14)17/h4-7,9,18H,3,8H2,1-2H3. The normalized spacial score (nSPS) is 10.6. The van der Waals surface area contributed by atoms with Gasteiger partial charge in [0, 0.05) is 22.8 Å². The fourth-order valence-corrected chi connectivity index (χ4v) is 2.12. The smallest absolute Gasteiger partial charge is 0.223 e. The Labute approximate surface area is 126 Å². The molecule has 1 aromatic carbocycles. The molecule has 5 heteroatoms. The summed E-state index contributed by atoms with van der Waals surface area (Å²) in [4.78, 5) is 4.22. The number of nitrogens with one attached hydrogen (secondary N) is 1. The first-order chi connectivity index (χ1) is 9.60. The third kappa shape index (κ3) is 3.77. The molecule has 2 aromatic rings. The van der Waals surface area contributed by atoms with Crippen molar-refractivity contribution in [3.8, 4) is 11.6 Å². The van der Waals surface area contributed by atoms with Crippen LogP contribution in [0.15, 0.2) is 34.9 Å². The van der Waals surface area contributed by atoms with Crippen molar-refractivity contribution >= 4 is 15.9 Å². The van der Waals surface area contributed by atoms with E-state index in [1.165, 1.54) is 6.07 Å². The molecule has 1 N–H and O–H groups in total. The zero-order valence-electron chi connectivity index (χ0n) is 11.4. The van der Waals surface area contributed by atoms with E-state index in [9.17, 15) is 4.39 Å². The molecule has 3 nitrogen and oxygen atoms in total. The van der Waals surface area contributed by atoms with Crippen LogP contribution in [0.3, 0.4) is 0 Å². The van der Waals surface area contributed by atoms with Crippen molar-refractivity contribution in [2.75, 3.05) is 6.54 Å². The van der Waals surface area contributed by atoms with Gasteiger partial charge in [-0.25, -0.2) is 9.37 Å². The van der Waals surface area contributed by atoms with E-state index in [0.717, 1.165) is 22.1 Å². The van der Waals surface area contributed by atoms with Gasteiger partial charge in [0.25, 0.3) is 0 Å². The Bertz CT molecular complexity index is 604. The molecule has 0 unspecified atom stereocenters. The lowest BCUT2D eigenvalue weighted by Gasteiger charge is -2.11. The maximum absolute atomic E-state index is 13.7. The topological polar surface area (TPSA) is 34.2 Å². The number of aromatic nitrogens is 1. The van der Waals surface area contributed by atoms with E-state index in [0.29, 0.717) is 12.4 Å². The number of hydrogen-bond acceptors (Lipinski definition) is 3. The lowest BCUT2D eigenvalue weighted by Crippen LogP contribution is -2.13. The van der Waals surface area contributed by atoms with Crippen molar-refractivity contribution in [3.63, 3.8) is 0 Å². The van der Waals surface area contributed by atoms with E-state index in [2.05, 4.69) is 26.2 Å². The van der Waals surface area contributed by atoms with Crippen LogP contribution in [0.2, 0.25) is 0 Å². The molecule has 0 aliphatic rings. The molecule has 0 bridgehead atoms. The van der Waals surface area contributed by atoms with Gasteiger partial charge in [-0.15, -0.1) is 0 Å². The van der Waals surface area contributed by atoms with Crippen LogP contribution in [0, 0.1) is 12.7 Å². The molecular formula is C15H16BrFN2O. The molecule has 0 saturated carbocycles. The number of halogens is 2. The molecule has 1 aromatic heterocycles. The van der Waals surface area contributed by atoms with E-state index in [1.54, 1.807) is 18.3 Å². The van der Waals surface area contributed by atoms with Crippen molar-refractivity contribution in [1.82, 2.24) is 10.3 Å². The summed E-state index contributed by atoms with van der Waals surface area (Å²) in [5.74, 6) is 0.214. The monoisotopic (exact) mass is 338 g/mol. The summed E-state index contributed by atoms with van der Waals surface area (Å²) in [6.45, 7) is 5.36. The fourth-order valence-electron chi connectivity index (χ4n) is 1.74. The second kappa shape index (κ2) is 6.81. The predicted octanol–water partition coefficient (Wildman–Crippen LogP) is 4.19. The fraction of sp³-hybridized carbons (Fsp3) is 0.267. The van der Waals surface area contributed by atoms with Crippen LogP contribution in [-0.4, -0.2) is 11.5 Å². The molecule has 2 rings (SSSR count). The highest BCUT2D eigenvalue weighted by atomic mass is 79.9. The molecular weight excluding hydrogens is 323 g/mol. The first-order valence-electron chi connectivity index (χ1n) is 6.39. The minimum Gasteiger partial charge on any atom is -0.436 e. The van der Waals surface area contributed by atoms with Gasteiger partial charge in [0.05, 0.1) is 0 Å². The molecule has 0 amide bonds. The van der Waals surface area contributed by atoms with Crippen LogP contribution < -0.4 is 10.1 Å². The number of rotatable bonds is 5. The summed E-state index contributed by atoms with van der Waals surface area (Å²) >= 11 is 3.38. The molecule has 0 spiro atoms. The molecule has 0 atom stereocenters. The van der Waals surface area contributed by atoms with Gasteiger partial charge in [0.2, 0.25) is 5.88 Å². The third-order valence-corrected chi connectivity index (χ3v) is 3.18. The highest BCUT2D eigenvalue weighted by Gasteiger charge is 2.10. The molecule has 0 saturated heterocycles. The highest BCUT2D eigenvalue weighted by molar-refractivity contribution is 9.10. The van der Waals surface area contributed by atoms with Crippen molar-refractivity contribution in [2.45, 2.75) is 20.4 Å². The van der Waals surface area contributed by atoms with Crippen molar-refractivity contribution in [1.29, 1.82) is 0 Å². The van der Waals surface area contributed by atoms with Crippen LogP contribution in [0.1, 0.15) is 18.1 Å². The van der Waals surface area contributed by atoms with Gasteiger partial charge in [0.1, 0.15) is 0 Å². The average molecular weight is 339 g/mol. The first-order valence-corrected chi connectivity index (χ1v) is 7.18. The van der Waals surface area contributed by atoms with Gasteiger partial charge in [-0.2, -0.15) is 0 Å². The highest BCUT2D eigenvalue weighted by Crippen LogP contribution is 2.28. The maximum atomic E-state index is 13.7. The summed E-state index contributed by atoms with van der Waals surface area (Å²) in [6, 6.07) is 6.68.